The van der Waals surface area contributed by atoms with Crippen molar-refractivity contribution in [2.45, 2.75) is 64.1 Å². The molecule has 0 saturated carbocycles. The van der Waals surface area contributed by atoms with E-state index in [2.05, 4.69) is 44.4 Å². The molecule has 2 aromatic carbocycles. The molecule has 0 unspecified atom stereocenters. The topological polar surface area (TPSA) is 41.1 Å². The summed E-state index contributed by atoms with van der Waals surface area (Å²) in [5.41, 5.74) is 5.13. The minimum absolute atomic E-state index is 0.0223. The smallest absolute Gasteiger partial charge is 0.251 e. The van der Waals surface area contributed by atoms with E-state index in [0.29, 0.717) is 12.5 Å². The lowest BCUT2D eigenvalue weighted by atomic mass is 9.71. The quantitative estimate of drug-likeness (QED) is 0.804. The molecule has 4 rings (SSSR count). The average Bonchev–Trinajstić information content (AvgIpc) is 2.92. The number of halogens is 1. The van der Waals surface area contributed by atoms with Crippen LogP contribution in [0.3, 0.4) is 0 Å². The van der Waals surface area contributed by atoms with Crippen molar-refractivity contribution < 1.29 is 9.18 Å². The van der Waals surface area contributed by atoms with Crippen molar-refractivity contribution in [3.8, 4) is 11.1 Å². The van der Waals surface area contributed by atoms with Crippen molar-refractivity contribution in [1.29, 1.82) is 0 Å². The number of benzene rings is 2. The first-order valence-electron chi connectivity index (χ1n) is 9.64. The molecule has 0 spiro atoms. The fourth-order valence-corrected chi connectivity index (χ4v) is 5.05. The van der Waals surface area contributed by atoms with Crippen molar-refractivity contribution in [2.75, 3.05) is 0 Å². The highest BCUT2D eigenvalue weighted by Gasteiger charge is 2.39. The number of amides is 1. The molecule has 1 fully saturated rings. The second-order valence-electron chi connectivity index (χ2n) is 9.28. The lowest BCUT2D eigenvalue weighted by molar-refractivity contribution is 0.0965. The van der Waals surface area contributed by atoms with Gasteiger partial charge in [-0.2, -0.15) is 0 Å². The molecule has 2 heterocycles. The van der Waals surface area contributed by atoms with E-state index in [1.807, 2.05) is 18.2 Å². The molecule has 3 nitrogen and oxygen atoms in total. The first kappa shape index (κ1) is 18.2. The van der Waals surface area contributed by atoms with Gasteiger partial charge in [0.05, 0.1) is 0 Å². The van der Waals surface area contributed by atoms with Crippen LogP contribution >= 0.6 is 0 Å². The first-order chi connectivity index (χ1) is 12.6. The summed E-state index contributed by atoms with van der Waals surface area (Å²) < 4.78 is 13.5. The molecule has 0 radical (unpaired) electrons. The Balaban J connectivity index is 1.86. The van der Waals surface area contributed by atoms with Crippen LogP contribution in [-0.2, 0) is 6.54 Å². The number of piperidine rings is 1. The number of hydrogen-bond donors (Lipinski definition) is 2. The Bertz CT molecular complexity index is 883. The van der Waals surface area contributed by atoms with Crippen LogP contribution < -0.4 is 10.6 Å². The van der Waals surface area contributed by atoms with Crippen LogP contribution in [0.1, 0.15) is 67.9 Å². The molecule has 4 heteroatoms. The number of rotatable bonds is 2. The van der Waals surface area contributed by atoms with Gasteiger partial charge in [-0.05, 0) is 86.9 Å². The van der Waals surface area contributed by atoms with Gasteiger partial charge in [0, 0.05) is 23.2 Å². The molecular formula is C23H27FN2O. The predicted octanol–water partition coefficient (Wildman–Crippen LogP) is 4.76. The lowest BCUT2D eigenvalue weighted by Crippen LogP contribution is -2.57. The average molecular weight is 366 g/mol. The SMILES string of the molecule is CC1(C)CC(c2cc3c(cc2-c2ccc(F)cc2)C(=O)NC3)CC(C)(C)N1. The van der Waals surface area contributed by atoms with E-state index in [9.17, 15) is 9.18 Å². The Morgan fingerprint density at radius 2 is 1.59 bits per heavy atom. The van der Waals surface area contributed by atoms with Gasteiger partial charge in [-0.15, -0.1) is 0 Å². The summed E-state index contributed by atoms with van der Waals surface area (Å²) in [6.45, 7) is 9.57. The fraction of sp³-hybridized carbons (Fsp3) is 0.435. The lowest BCUT2D eigenvalue weighted by Gasteiger charge is -2.47. The van der Waals surface area contributed by atoms with Crippen molar-refractivity contribution in [3.05, 3.63) is 58.9 Å². The van der Waals surface area contributed by atoms with E-state index in [0.717, 1.165) is 35.1 Å². The number of hydrogen-bond acceptors (Lipinski definition) is 2. The molecular weight excluding hydrogens is 339 g/mol. The molecule has 2 aromatic rings. The summed E-state index contributed by atoms with van der Waals surface area (Å²) >= 11 is 0. The van der Waals surface area contributed by atoms with Crippen LogP contribution in [0.2, 0.25) is 0 Å². The molecule has 0 bridgehead atoms. The molecule has 27 heavy (non-hydrogen) atoms. The minimum atomic E-state index is -0.247. The van der Waals surface area contributed by atoms with Crippen LogP contribution in [0, 0.1) is 5.82 Å². The summed E-state index contributed by atoms with van der Waals surface area (Å²) in [4.78, 5) is 12.2. The minimum Gasteiger partial charge on any atom is -0.348 e. The summed E-state index contributed by atoms with van der Waals surface area (Å²) in [6.07, 6.45) is 2.04. The van der Waals surface area contributed by atoms with E-state index in [1.54, 1.807) is 0 Å². The maximum atomic E-state index is 13.5. The van der Waals surface area contributed by atoms with E-state index in [4.69, 9.17) is 0 Å². The highest BCUT2D eigenvalue weighted by molar-refractivity contribution is 5.99. The van der Waals surface area contributed by atoms with Crippen molar-refractivity contribution in [1.82, 2.24) is 10.6 Å². The van der Waals surface area contributed by atoms with Crippen LogP contribution in [0.25, 0.3) is 11.1 Å². The van der Waals surface area contributed by atoms with Gasteiger partial charge < -0.3 is 10.6 Å². The maximum Gasteiger partial charge on any atom is 0.251 e. The number of nitrogens with one attached hydrogen (secondary N) is 2. The van der Waals surface area contributed by atoms with Crippen molar-refractivity contribution >= 4 is 5.91 Å². The summed E-state index contributed by atoms with van der Waals surface area (Å²) in [5.74, 6) is 0.103. The zero-order valence-corrected chi connectivity index (χ0v) is 16.4. The third kappa shape index (κ3) is 3.51. The van der Waals surface area contributed by atoms with Crippen LogP contribution in [0.15, 0.2) is 36.4 Å². The summed E-state index contributed by atoms with van der Waals surface area (Å²) in [5, 5.41) is 6.67. The van der Waals surface area contributed by atoms with Gasteiger partial charge in [-0.25, -0.2) is 4.39 Å². The van der Waals surface area contributed by atoms with Crippen molar-refractivity contribution in [3.63, 3.8) is 0 Å². The van der Waals surface area contributed by atoms with Crippen LogP contribution in [-0.4, -0.2) is 17.0 Å². The van der Waals surface area contributed by atoms with Gasteiger partial charge in [-0.3, -0.25) is 4.79 Å². The maximum absolute atomic E-state index is 13.5. The molecule has 1 amide bonds. The monoisotopic (exact) mass is 366 g/mol. The molecule has 2 aliphatic heterocycles. The van der Waals surface area contributed by atoms with Gasteiger partial charge in [0.25, 0.3) is 5.91 Å². The molecule has 1 saturated heterocycles. The third-order valence-corrected chi connectivity index (χ3v) is 5.74. The standard InChI is InChI=1S/C23H27FN2O/c1-22(2)11-16(12-23(3,4)26-22)18-9-15-13-25-21(27)20(15)10-19(18)14-5-7-17(24)8-6-14/h5-10,16,26H,11-13H2,1-4H3,(H,25,27). The van der Waals surface area contributed by atoms with E-state index >= 15 is 0 Å². The van der Waals surface area contributed by atoms with Crippen molar-refractivity contribution in [2.24, 2.45) is 0 Å². The zero-order valence-electron chi connectivity index (χ0n) is 16.4. The third-order valence-electron chi connectivity index (χ3n) is 5.74. The number of fused-ring (bicyclic) bond motifs is 1. The molecule has 0 aliphatic carbocycles. The number of carbonyl (C=O) groups excluding carboxylic acids is 1. The first-order valence-corrected chi connectivity index (χ1v) is 9.64. The van der Waals surface area contributed by atoms with Gasteiger partial charge in [0.15, 0.2) is 0 Å². The molecule has 0 atom stereocenters. The predicted molar refractivity (Wildman–Crippen MR) is 106 cm³/mol. The fourth-order valence-electron chi connectivity index (χ4n) is 5.05. The Hall–Kier alpha value is -2.20. The zero-order chi connectivity index (χ0) is 19.4. The second-order valence-corrected chi connectivity index (χ2v) is 9.28. The molecule has 2 aliphatic rings. The second kappa shape index (κ2) is 6.16. The van der Waals surface area contributed by atoms with Gasteiger partial charge in [-0.1, -0.05) is 18.2 Å². The Morgan fingerprint density at radius 1 is 0.963 bits per heavy atom. The van der Waals surface area contributed by atoms with E-state index < -0.39 is 0 Å². The van der Waals surface area contributed by atoms with Gasteiger partial charge >= 0.3 is 0 Å². The van der Waals surface area contributed by atoms with E-state index in [-0.39, 0.29) is 22.8 Å². The Kier molecular flexibility index (Phi) is 4.15. The molecule has 0 aromatic heterocycles. The normalized spacial score (nSPS) is 21.0. The summed E-state index contributed by atoms with van der Waals surface area (Å²) in [7, 11) is 0. The highest BCUT2D eigenvalue weighted by Crippen LogP contribution is 2.43. The molecule has 2 N–H and O–H groups in total. The van der Waals surface area contributed by atoms with Gasteiger partial charge in [0.1, 0.15) is 5.82 Å². The number of carbonyl (C=O) groups is 1. The van der Waals surface area contributed by atoms with E-state index in [1.165, 1.54) is 17.7 Å². The Labute approximate surface area is 160 Å². The van der Waals surface area contributed by atoms with Crippen LogP contribution in [0.4, 0.5) is 4.39 Å². The van der Waals surface area contributed by atoms with Gasteiger partial charge in [0.2, 0.25) is 0 Å². The summed E-state index contributed by atoms with van der Waals surface area (Å²) in [6, 6.07) is 10.8. The largest absolute Gasteiger partial charge is 0.348 e. The van der Waals surface area contributed by atoms with Crippen LogP contribution in [0.5, 0.6) is 0 Å². The highest BCUT2D eigenvalue weighted by atomic mass is 19.1. The molecule has 142 valence electrons. The Morgan fingerprint density at radius 3 is 2.22 bits per heavy atom.